The van der Waals surface area contributed by atoms with Gasteiger partial charge in [-0.05, 0) is 47.5 Å². The summed E-state index contributed by atoms with van der Waals surface area (Å²) in [4.78, 5) is 40.9. The Kier molecular flexibility index (Phi) is 7.87. The van der Waals surface area contributed by atoms with Gasteiger partial charge in [0.25, 0.3) is 17.1 Å². The van der Waals surface area contributed by atoms with Crippen LogP contribution < -0.4 is 9.47 Å². The number of hydrogen-bond donors (Lipinski definition) is 0. The number of ether oxygens (including phenoxy) is 3. The van der Waals surface area contributed by atoms with Gasteiger partial charge in [-0.3, -0.25) is 19.3 Å². The lowest BCUT2D eigenvalue weighted by molar-refractivity contribution is -0.137. The van der Waals surface area contributed by atoms with Crippen molar-refractivity contribution in [1.82, 2.24) is 9.80 Å². The molecule has 0 radical (unpaired) electrons. The lowest BCUT2D eigenvalue weighted by Gasteiger charge is -2.26. The van der Waals surface area contributed by atoms with Crippen molar-refractivity contribution in [3.05, 3.63) is 64.6 Å². The van der Waals surface area contributed by atoms with Gasteiger partial charge >= 0.3 is 0 Å². The Balaban J connectivity index is 1.39. The molecule has 0 bridgehead atoms. The van der Waals surface area contributed by atoms with Gasteiger partial charge in [0.2, 0.25) is 0 Å². The summed E-state index contributed by atoms with van der Waals surface area (Å²) in [7, 11) is 1.51. The van der Waals surface area contributed by atoms with Gasteiger partial charge in [-0.1, -0.05) is 36.4 Å². The number of amides is 3. The van der Waals surface area contributed by atoms with Crippen LogP contribution in [0.3, 0.4) is 0 Å². The summed E-state index contributed by atoms with van der Waals surface area (Å²) in [6.07, 6.45) is 2.27. The molecule has 0 unspecified atom stereocenters. The highest BCUT2D eigenvalue weighted by molar-refractivity contribution is 8.18. The van der Waals surface area contributed by atoms with Gasteiger partial charge in [0, 0.05) is 19.6 Å². The molecule has 0 spiro atoms. The average molecular weight is 483 g/mol. The first-order valence-electron chi connectivity index (χ1n) is 11.0. The maximum Gasteiger partial charge on any atom is 0.293 e. The highest BCUT2D eigenvalue weighted by Gasteiger charge is 2.34. The molecule has 9 heteroatoms. The number of methoxy groups -OCH3 is 1. The van der Waals surface area contributed by atoms with E-state index in [-0.39, 0.29) is 23.7 Å². The number of benzene rings is 2. The number of carbonyl (C=O) groups excluding carboxylic acids is 3. The third-order valence-corrected chi connectivity index (χ3v) is 6.45. The van der Waals surface area contributed by atoms with Crippen LogP contribution in [0.1, 0.15) is 11.1 Å². The van der Waals surface area contributed by atoms with E-state index in [9.17, 15) is 14.4 Å². The average Bonchev–Trinajstić information content (AvgIpc) is 3.14. The molecule has 178 valence electrons. The van der Waals surface area contributed by atoms with E-state index >= 15 is 0 Å². The summed E-state index contributed by atoms with van der Waals surface area (Å²) >= 11 is 0.925. The first-order chi connectivity index (χ1) is 16.5. The quantitative estimate of drug-likeness (QED) is 0.534. The van der Waals surface area contributed by atoms with Crippen molar-refractivity contribution < 1.29 is 28.6 Å². The van der Waals surface area contributed by atoms with E-state index in [0.29, 0.717) is 61.2 Å². The molecule has 8 nitrogen and oxygen atoms in total. The number of thioether (sulfide) groups is 1. The van der Waals surface area contributed by atoms with Crippen LogP contribution >= 0.6 is 11.8 Å². The number of carbonyl (C=O) groups is 3. The Morgan fingerprint density at radius 2 is 1.85 bits per heavy atom. The molecule has 0 N–H and O–H groups in total. The van der Waals surface area contributed by atoms with E-state index in [4.69, 9.17) is 14.2 Å². The lowest BCUT2D eigenvalue weighted by atomic mass is 10.1. The molecule has 0 aliphatic carbocycles. The molecular weight excluding hydrogens is 456 g/mol. The third-order valence-electron chi connectivity index (χ3n) is 5.54. The summed E-state index contributed by atoms with van der Waals surface area (Å²) in [6.45, 7) is 2.40. The fourth-order valence-electron chi connectivity index (χ4n) is 3.67. The van der Waals surface area contributed by atoms with Crippen molar-refractivity contribution in [2.24, 2.45) is 0 Å². The van der Waals surface area contributed by atoms with E-state index in [1.165, 1.54) is 12.0 Å². The van der Waals surface area contributed by atoms with Gasteiger partial charge in [-0.2, -0.15) is 0 Å². The van der Waals surface area contributed by atoms with E-state index in [0.717, 1.165) is 17.3 Å². The SMILES string of the molecule is COc1cc(/C=C2\SC(=O)N(CCc3ccccc3)C2=O)ccc1OCC(=O)N1CCOCC1. The molecule has 0 saturated carbocycles. The molecule has 2 aromatic rings. The van der Waals surface area contributed by atoms with Crippen molar-refractivity contribution in [3.63, 3.8) is 0 Å². The smallest absolute Gasteiger partial charge is 0.293 e. The van der Waals surface area contributed by atoms with Crippen molar-refractivity contribution in [2.75, 3.05) is 46.6 Å². The number of hydrogen-bond acceptors (Lipinski definition) is 7. The van der Waals surface area contributed by atoms with E-state index in [1.807, 2.05) is 30.3 Å². The van der Waals surface area contributed by atoms with E-state index in [2.05, 4.69) is 0 Å². The standard InChI is InChI=1S/C25H26N2O6S/c1-31-21-15-19(7-8-20(21)33-17-23(28)26-11-13-32-14-12-26)16-22-24(29)27(25(30)34-22)10-9-18-5-3-2-4-6-18/h2-8,15-16H,9-14,17H2,1H3/b22-16-. The monoisotopic (exact) mass is 482 g/mol. The van der Waals surface area contributed by atoms with E-state index in [1.54, 1.807) is 29.2 Å². The fraction of sp³-hybridized carbons (Fsp3) is 0.320. The highest BCUT2D eigenvalue weighted by atomic mass is 32.2. The zero-order valence-electron chi connectivity index (χ0n) is 18.9. The number of nitrogens with zero attached hydrogens (tertiary/aromatic N) is 2. The Hall–Kier alpha value is -3.30. The molecule has 2 fully saturated rings. The van der Waals surface area contributed by atoms with Gasteiger partial charge in [0.15, 0.2) is 18.1 Å². The molecule has 3 amide bonds. The summed E-state index contributed by atoms with van der Waals surface area (Å²) in [5, 5.41) is -0.277. The topological polar surface area (TPSA) is 85.4 Å². The number of rotatable bonds is 8. The normalized spacial score (nSPS) is 17.4. The van der Waals surface area contributed by atoms with Crippen molar-refractivity contribution in [2.45, 2.75) is 6.42 Å². The van der Waals surface area contributed by atoms with Crippen molar-refractivity contribution in [1.29, 1.82) is 0 Å². The molecule has 2 heterocycles. The molecule has 0 aromatic heterocycles. The molecular formula is C25H26N2O6S. The van der Waals surface area contributed by atoms with Crippen molar-refractivity contribution >= 4 is 34.9 Å². The van der Waals surface area contributed by atoms with Crippen LogP contribution in [0.2, 0.25) is 0 Å². The molecule has 0 atom stereocenters. The Morgan fingerprint density at radius 3 is 2.59 bits per heavy atom. The number of morpholine rings is 1. The van der Waals surface area contributed by atoms with Crippen LogP contribution in [0.4, 0.5) is 4.79 Å². The van der Waals surface area contributed by atoms with Gasteiger partial charge in [0.05, 0.1) is 25.2 Å². The zero-order valence-corrected chi connectivity index (χ0v) is 19.7. The second-order valence-electron chi connectivity index (χ2n) is 7.76. The Bertz CT molecular complexity index is 1080. The molecule has 2 saturated heterocycles. The maximum absolute atomic E-state index is 12.8. The summed E-state index contributed by atoms with van der Waals surface area (Å²) in [5.41, 5.74) is 1.76. The van der Waals surface area contributed by atoms with Crippen LogP contribution in [-0.4, -0.2) is 73.4 Å². The van der Waals surface area contributed by atoms with Gasteiger partial charge in [-0.25, -0.2) is 0 Å². The van der Waals surface area contributed by atoms with Gasteiger partial charge in [0.1, 0.15) is 0 Å². The molecule has 2 aliphatic rings. The minimum atomic E-state index is -0.304. The second kappa shape index (κ2) is 11.2. The van der Waals surface area contributed by atoms with Crippen LogP contribution in [0.25, 0.3) is 6.08 Å². The lowest BCUT2D eigenvalue weighted by Crippen LogP contribution is -2.43. The Labute approximate surface area is 202 Å². The third kappa shape index (κ3) is 5.78. The van der Waals surface area contributed by atoms with Crippen LogP contribution in [0.15, 0.2) is 53.4 Å². The van der Waals surface area contributed by atoms with Crippen molar-refractivity contribution in [3.8, 4) is 11.5 Å². The number of imide groups is 1. The Morgan fingerprint density at radius 1 is 1.09 bits per heavy atom. The van der Waals surface area contributed by atoms with Gasteiger partial charge in [-0.15, -0.1) is 0 Å². The second-order valence-corrected chi connectivity index (χ2v) is 8.75. The predicted molar refractivity (Wildman–Crippen MR) is 129 cm³/mol. The highest BCUT2D eigenvalue weighted by Crippen LogP contribution is 2.34. The predicted octanol–water partition coefficient (Wildman–Crippen LogP) is 3.21. The zero-order chi connectivity index (χ0) is 23.9. The van der Waals surface area contributed by atoms with Crippen LogP contribution in [-0.2, 0) is 20.7 Å². The molecule has 2 aromatic carbocycles. The largest absolute Gasteiger partial charge is 0.493 e. The van der Waals surface area contributed by atoms with Crippen LogP contribution in [0, 0.1) is 0 Å². The summed E-state index contributed by atoms with van der Waals surface area (Å²) in [5.74, 6) is 0.448. The van der Waals surface area contributed by atoms with Crippen LogP contribution in [0.5, 0.6) is 11.5 Å². The first kappa shape index (κ1) is 23.8. The first-order valence-corrected chi connectivity index (χ1v) is 11.8. The van der Waals surface area contributed by atoms with Gasteiger partial charge < -0.3 is 19.1 Å². The fourth-order valence-corrected chi connectivity index (χ4v) is 4.53. The molecule has 4 rings (SSSR count). The minimum absolute atomic E-state index is 0.101. The molecule has 34 heavy (non-hydrogen) atoms. The molecule has 2 aliphatic heterocycles. The van der Waals surface area contributed by atoms with E-state index < -0.39 is 0 Å². The summed E-state index contributed by atoms with van der Waals surface area (Å²) in [6, 6.07) is 14.9. The maximum atomic E-state index is 12.8. The summed E-state index contributed by atoms with van der Waals surface area (Å²) < 4.78 is 16.4. The minimum Gasteiger partial charge on any atom is -0.493 e.